The zero-order chi connectivity index (χ0) is 10.6. The van der Waals surface area contributed by atoms with Crippen LogP contribution in [-0.4, -0.2) is 20.2 Å². The molecule has 0 aliphatic heterocycles. The summed E-state index contributed by atoms with van der Waals surface area (Å²) in [6, 6.07) is 4.90. The zero-order valence-electron chi connectivity index (χ0n) is 8.03. The lowest BCUT2D eigenvalue weighted by atomic mass is 10.2. The zero-order valence-corrected chi connectivity index (χ0v) is 8.03. The summed E-state index contributed by atoms with van der Waals surface area (Å²) in [4.78, 5) is 11.3. The molecule has 0 aliphatic carbocycles. The highest BCUT2D eigenvalue weighted by Crippen LogP contribution is 2.22. The van der Waals surface area contributed by atoms with Crippen LogP contribution in [0.15, 0.2) is 18.2 Å². The molecule has 1 aromatic rings. The number of hydrazine groups is 1. The van der Waals surface area contributed by atoms with Gasteiger partial charge in [-0.1, -0.05) is 0 Å². The SMILES string of the molecule is COC(=O)c1cc(NN)ccc1OC. The Hall–Kier alpha value is -1.75. The molecule has 0 unspecified atom stereocenters. The van der Waals surface area contributed by atoms with Gasteiger partial charge in [0.05, 0.1) is 14.2 Å². The topological polar surface area (TPSA) is 73.6 Å². The van der Waals surface area contributed by atoms with Gasteiger partial charge in [0.1, 0.15) is 11.3 Å². The number of nitrogen functional groups attached to an aromatic ring is 1. The number of anilines is 1. The van der Waals surface area contributed by atoms with Crippen molar-refractivity contribution in [3.63, 3.8) is 0 Å². The van der Waals surface area contributed by atoms with Crippen LogP contribution in [0.4, 0.5) is 5.69 Å². The lowest BCUT2D eigenvalue weighted by molar-refractivity contribution is 0.0597. The van der Waals surface area contributed by atoms with Crippen LogP contribution in [0, 0.1) is 0 Å². The van der Waals surface area contributed by atoms with E-state index in [4.69, 9.17) is 10.6 Å². The highest BCUT2D eigenvalue weighted by atomic mass is 16.5. The van der Waals surface area contributed by atoms with Crippen LogP contribution in [0.1, 0.15) is 10.4 Å². The summed E-state index contributed by atoms with van der Waals surface area (Å²) in [7, 11) is 2.79. The molecule has 0 amide bonds. The van der Waals surface area contributed by atoms with E-state index in [1.54, 1.807) is 18.2 Å². The number of hydrogen-bond donors (Lipinski definition) is 2. The molecular weight excluding hydrogens is 184 g/mol. The van der Waals surface area contributed by atoms with Gasteiger partial charge in [0.2, 0.25) is 0 Å². The van der Waals surface area contributed by atoms with Crippen LogP contribution in [0.3, 0.4) is 0 Å². The molecule has 1 rings (SSSR count). The van der Waals surface area contributed by atoms with Crippen molar-refractivity contribution in [3.05, 3.63) is 23.8 Å². The van der Waals surface area contributed by atoms with Crippen molar-refractivity contribution in [2.75, 3.05) is 19.6 Å². The fourth-order valence-corrected chi connectivity index (χ4v) is 1.07. The molecule has 0 atom stereocenters. The van der Waals surface area contributed by atoms with Gasteiger partial charge in [-0.25, -0.2) is 4.79 Å². The molecule has 0 fully saturated rings. The number of nitrogens with one attached hydrogen (secondary N) is 1. The molecule has 3 N–H and O–H groups in total. The molecule has 0 bridgehead atoms. The third kappa shape index (κ3) is 1.94. The van der Waals surface area contributed by atoms with E-state index in [0.717, 1.165) is 0 Å². The number of hydrogen-bond acceptors (Lipinski definition) is 5. The van der Waals surface area contributed by atoms with Crippen molar-refractivity contribution in [2.24, 2.45) is 5.84 Å². The summed E-state index contributed by atoms with van der Waals surface area (Å²) in [5, 5.41) is 0. The van der Waals surface area contributed by atoms with E-state index >= 15 is 0 Å². The van der Waals surface area contributed by atoms with Gasteiger partial charge in [0, 0.05) is 5.69 Å². The van der Waals surface area contributed by atoms with E-state index < -0.39 is 5.97 Å². The van der Waals surface area contributed by atoms with Crippen LogP contribution in [0.25, 0.3) is 0 Å². The summed E-state index contributed by atoms with van der Waals surface area (Å²) in [6.07, 6.45) is 0. The Kier molecular flexibility index (Phi) is 3.30. The maximum Gasteiger partial charge on any atom is 0.341 e. The van der Waals surface area contributed by atoms with Crippen molar-refractivity contribution in [3.8, 4) is 5.75 Å². The predicted octanol–water partition coefficient (Wildman–Crippen LogP) is 0.767. The van der Waals surface area contributed by atoms with E-state index in [9.17, 15) is 4.79 Å². The minimum absolute atomic E-state index is 0.338. The van der Waals surface area contributed by atoms with Gasteiger partial charge in [-0.3, -0.25) is 5.84 Å². The van der Waals surface area contributed by atoms with Crippen molar-refractivity contribution in [1.82, 2.24) is 0 Å². The van der Waals surface area contributed by atoms with Gasteiger partial charge >= 0.3 is 5.97 Å². The van der Waals surface area contributed by atoms with Gasteiger partial charge < -0.3 is 14.9 Å². The average Bonchev–Trinajstić information content (AvgIpc) is 2.27. The number of carbonyl (C=O) groups is 1. The first kappa shape index (κ1) is 10.3. The molecule has 0 spiro atoms. The van der Waals surface area contributed by atoms with Crippen molar-refractivity contribution in [1.29, 1.82) is 0 Å². The first-order chi connectivity index (χ1) is 6.72. The van der Waals surface area contributed by atoms with E-state index in [-0.39, 0.29) is 0 Å². The molecule has 0 heterocycles. The summed E-state index contributed by atoms with van der Waals surface area (Å²) in [5.74, 6) is 5.20. The minimum Gasteiger partial charge on any atom is -0.496 e. The molecule has 5 heteroatoms. The Bertz CT molecular complexity index is 339. The molecule has 14 heavy (non-hydrogen) atoms. The molecule has 1 aromatic carbocycles. The van der Waals surface area contributed by atoms with Crippen molar-refractivity contribution in [2.45, 2.75) is 0 Å². The molecule has 0 saturated carbocycles. The molecule has 0 aliphatic rings. The molecule has 76 valence electrons. The molecule has 0 aromatic heterocycles. The molecular formula is C9H12N2O3. The van der Waals surface area contributed by atoms with Crippen LogP contribution in [0.2, 0.25) is 0 Å². The lowest BCUT2D eigenvalue weighted by Gasteiger charge is -2.08. The summed E-state index contributed by atoms with van der Waals surface area (Å²) >= 11 is 0. The predicted molar refractivity (Wildman–Crippen MR) is 52.1 cm³/mol. The normalized spacial score (nSPS) is 9.36. The van der Waals surface area contributed by atoms with Gasteiger partial charge in [-0.2, -0.15) is 0 Å². The Labute approximate surface area is 81.8 Å². The van der Waals surface area contributed by atoms with E-state index in [1.165, 1.54) is 14.2 Å². The number of nitrogens with two attached hydrogens (primary N) is 1. The fourth-order valence-electron chi connectivity index (χ4n) is 1.07. The summed E-state index contributed by atoms with van der Waals surface area (Å²) in [5.41, 5.74) is 3.39. The van der Waals surface area contributed by atoms with Crippen molar-refractivity contribution < 1.29 is 14.3 Å². The number of ether oxygens (including phenoxy) is 2. The third-order valence-electron chi connectivity index (χ3n) is 1.77. The lowest BCUT2D eigenvalue weighted by Crippen LogP contribution is -2.09. The first-order valence-corrected chi connectivity index (χ1v) is 3.96. The maximum absolute atomic E-state index is 11.3. The Morgan fingerprint density at radius 2 is 2.14 bits per heavy atom. The van der Waals surface area contributed by atoms with Crippen LogP contribution in [0.5, 0.6) is 5.75 Å². The van der Waals surface area contributed by atoms with Gasteiger partial charge in [0.25, 0.3) is 0 Å². The van der Waals surface area contributed by atoms with Crippen LogP contribution in [-0.2, 0) is 4.74 Å². The Morgan fingerprint density at radius 1 is 1.43 bits per heavy atom. The Morgan fingerprint density at radius 3 is 2.64 bits per heavy atom. The van der Waals surface area contributed by atoms with Crippen molar-refractivity contribution >= 4 is 11.7 Å². The highest BCUT2D eigenvalue weighted by molar-refractivity contribution is 5.93. The molecule has 0 saturated heterocycles. The minimum atomic E-state index is -0.459. The quantitative estimate of drug-likeness (QED) is 0.424. The number of benzene rings is 1. The summed E-state index contributed by atoms with van der Waals surface area (Å²) in [6.45, 7) is 0. The standard InChI is InChI=1S/C9H12N2O3/c1-13-8-4-3-6(11-10)5-7(8)9(12)14-2/h3-5,11H,10H2,1-2H3. The second-order valence-corrected chi connectivity index (χ2v) is 2.55. The Balaban J connectivity index is 3.14. The number of rotatable bonds is 3. The average molecular weight is 196 g/mol. The first-order valence-electron chi connectivity index (χ1n) is 3.96. The maximum atomic E-state index is 11.3. The van der Waals surface area contributed by atoms with Crippen LogP contribution >= 0.6 is 0 Å². The smallest absolute Gasteiger partial charge is 0.341 e. The van der Waals surface area contributed by atoms with E-state index in [1.807, 2.05) is 0 Å². The highest BCUT2D eigenvalue weighted by Gasteiger charge is 2.12. The number of esters is 1. The largest absolute Gasteiger partial charge is 0.496 e. The van der Waals surface area contributed by atoms with Gasteiger partial charge in [-0.15, -0.1) is 0 Å². The molecule has 5 nitrogen and oxygen atoms in total. The van der Waals surface area contributed by atoms with E-state index in [0.29, 0.717) is 17.0 Å². The van der Waals surface area contributed by atoms with Crippen LogP contribution < -0.4 is 16.0 Å². The summed E-state index contributed by atoms with van der Waals surface area (Å²) < 4.78 is 9.59. The third-order valence-corrected chi connectivity index (χ3v) is 1.77. The second-order valence-electron chi connectivity index (χ2n) is 2.55. The van der Waals surface area contributed by atoms with Gasteiger partial charge in [0.15, 0.2) is 0 Å². The van der Waals surface area contributed by atoms with Gasteiger partial charge in [-0.05, 0) is 18.2 Å². The second kappa shape index (κ2) is 4.48. The fraction of sp³-hybridized carbons (Fsp3) is 0.222. The monoisotopic (exact) mass is 196 g/mol. The number of methoxy groups -OCH3 is 2. The van der Waals surface area contributed by atoms with E-state index in [2.05, 4.69) is 10.2 Å². The molecule has 0 radical (unpaired) electrons. The number of carbonyl (C=O) groups excluding carboxylic acids is 1.